The summed E-state index contributed by atoms with van der Waals surface area (Å²) < 4.78 is 0. The number of amides is 3. The fourth-order valence-electron chi connectivity index (χ4n) is 2.58. The number of rotatable bonds is 0. The molecule has 3 aliphatic heterocycles. The predicted octanol–water partition coefficient (Wildman–Crippen LogP) is -2.21. The van der Waals surface area contributed by atoms with E-state index in [0.29, 0.717) is 0 Å². The van der Waals surface area contributed by atoms with Gasteiger partial charge < -0.3 is 10.6 Å². The molecular weight excluding hydrogens is 210 g/mol. The van der Waals surface area contributed by atoms with Crippen molar-refractivity contribution in [2.75, 3.05) is 6.54 Å². The lowest BCUT2D eigenvalue weighted by Gasteiger charge is -2.46. The number of carbonyl (C=O) groups is 2. The van der Waals surface area contributed by atoms with Crippen molar-refractivity contribution in [1.82, 2.24) is 26.6 Å². The van der Waals surface area contributed by atoms with Crippen LogP contribution in [0.4, 0.5) is 4.79 Å². The van der Waals surface area contributed by atoms with Crippen molar-refractivity contribution in [3.63, 3.8) is 0 Å². The van der Waals surface area contributed by atoms with Crippen molar-refractivity contribution >= 4 is 11.9 Å². The minimum Gasteiger partial charge on any atom is -0.320 e. The van der Waals surface area contributed by atoms with Crippen LogP contribution in [0.15, 0.2) is 0 Å². The predicted molar refractivity (Wildman–Crippen MR) is 55.3 cm³/mol. The molecule has 88 valence electrons. The average molecular weight is 225 g/mol. The first-order valence-electron chi connectivity index (χ1n) is 5.61. The topological polar surface area (TPSA) is 94.3 Å². The largest absolute Gasteiger partial charge is 0.322 e. The Hall–Kier alpha value is -1.18. The Balaban J connectivity index is 1.77. The number of hydrogen-bond acceptors (Lipinski definition) is 5. The summed E-state index contributed by atoms with van der Waals surface area (Å²) in [4.78, 5) is 22.8. The molecule has 7 heteroatoms. The van der Waals surface area contributed by atoms with Gasteiger partial charge in [-0.3, -0.25) is 20.7 Å². The molecule has 0 bridgehead atoms. The summed E-state index contributed by atoms with van der Waals surface area (Å²) in [6.45, 7) is 0.966. The van der Waals surface area contributed by atoms with E-state index in [-0.39, 0.29) is 30.3 Å². The van der Waals surface area contributed by atoms with Crippen LogP contribution in [-0.2, 0) is 4.79 Å². The molecule has 16 heavy (non-hydrogen) atoms. The Kier molecular flexibility index (Phi) is 2.31. The summed E-state index contributed by atoms with van der Waals surface area (Å²) in [7, 11) is 0. The number of fused-ring (bicyclic) bond motifs is 2. The van der Waals surface area contributed by atoms with E-state index in [9.17, 15) is 9.59 Å². The smallest absolute Gasteiger partial charge is 0.320 e. The molecule has 7 nitrogen and oxygen atoms in total. The Bertz CT molecular complexity index is 334. The number of piperidine rings is 1. The summed E-state index contributed by atoms with van der Waals surface area (Å²) in [6, 6.07) is -0.565. The Morgan fingerprint density at radius 3 is 2.88 bits per heavy atom. The molecule has 0 saturated carbocycles. The Labute approximate surface area is 92.7 Å². The molecule has 3 aliphatic rings. The molecule has 0 aromatic rings. The van der Waals surface area contributed by atoms with Crippen LogP contribution in [0.1, 0.15) is 12.8 Å². The van der Waals surface area contributed by atoms with E-state index in [2.05, 4.69) is 26.6 Å². The number of carbonyl (C=O) groups excluding carboxylic acids is 2. The summed E-state index contributed by atoms with van der Waals surface area (Å²) in [5.74, 6) is -0.259. The van der Waals surface area contributed by atoms with Crippen molar-refractivity contribution in [3.05, 3.63) is 0 Å². The molecule has 5 N–H and O–H groups in total. The van der Waals surface area contributed by atoms with E-state index in [1.165, 1.54) is 0 Å². The highest BCUT2D eigenvalue weighted by Gasteiger charge is 2.43. The molecule has 3 saturated heterocycles. The highest BCUT2D eigenvalue weighted by Crippen LogP contribution is 2.15. The normalized spacial score (nSPS) is 42.8. The Morgan fingerprint density at radius 1 is 1.12 bits per heavy atom. The summed E-state index contributed by atoms with van der Waals surface area (Å²) >= 11 is 0. The van der Waals surface area contributed by atoms with Gasteiger partial charge in [0, 0.05) is 6.04 Å². The zero-order valence-corrected chi connectivity index (χ0v) is 8.75. The molecule has 0 radical (unpaired) electrons. The second-order valence-electron chi connectivity index (χ2n) is 4.43. The van der Waals surface area contributed by atoms with E-state index in [4.69, 9.17) is 0 Å². The maximum atomic E-state index is 11.6. The lowest BCUT2D eigenvalue weighted by atomic mass is 9.97. The lowest BCUT2D eigenvalue weighted by molar-refractivity contribution is -0.125. The van der Waals surface area contributed by atoms with Gasteiger partial charge in [0.15, 0.2) is 0 Å². The molecule has 4 unspecified atom stereocenters. The van der Waals surface area contributed by atoms with Crippen LogP contribution in [0.5, 0.6) is 0 Å². The maximum Gasteiger partial charge on any atom is 0.322 e. The van der Waals surface area contributed by atoms with Gasteiger partial charge in [-0.25, -0.2) is 4.79 Å². The third-order valence-corrected chi connectivity index (χ3v) is 3.35. The van der Waals surface area contributed by atoms with Gasteiger partial charge in [0.2, 0.25) is 5.91 Å². The third-order valence-electron chi connectivity index (χ3n) is 3.35. The van der Waals surface area contributed by atoms with E-state index in [1.807, 2.05) is 0 Å². The number of imide groups is 1. The van der Waals surface area contributed by atoms with Gasteiger partial charge >= 0.3 is 6.03 Å². The van der Waals surface area contributed by atoms with Crippen LogP contribution in [0, 0.1) is 0 Å². The van der Waals surface area contributed by atoms with Crippen LogP contribution < -0.4 is 26.6 Å². The molecule has 0 spiro atoms. The Morgan fingerprint density at radius 2 is 2.00 bits per heavy atom. The van der Waals surface area contributed by atoms with Crippen molar-refractivity contribution < 1.29 is 9.59 Å². The average Bonchev–Trinajstić information content (AvgIpc) is 2.27. The fourth-order valence-corrected chi connectivity index (χ4v) is 2.58. The molecule has 4 atom stereocenters. The van der Waals surface area contributed by atoms with Crippen LogP contribution in [0.2, 0.25) is 0 Å². The molecule has 0 aromatic heterocycles. The molecule has 3 heterocycles. The van der Waals surface area contributed by atoms with Crippen molar-refractivity contribution in [2.24, 2.45) is 0 Å². The molecule has 0 aromatic carbocycles. The first-order valence-corrected chi connectivity index (χ1v) is 5.61. The second kappa shape index (κ2) is 3.69. The minimum atomic E-state index is -0.435. The monoisotopic (exact) mass is 225 g/mol. The van der Waals surface area contributed by atoms with Gasteiger partial charge in [-0.1, -0.05) is 0 Å². The second-order valence-corrected chi connectivity index (χ2v) is 4.43. The number of nitrogens with one attached hydrogen (secondary N) is 5. The van der Waals surface area contributed by atoms with Crippen molar-refractivity contribution in [1.29, 1.82) is 0 Å². The lowest BCUT2D eigenvalue weighted by Crippen LogP contribution is -2.80. The van der Waals surface area contributed by atoms with Crippen LogP contribution >= 0.6 is 0 Å². The summed E-state index contributed by atoms with van der Waals surface area (Å²) in [6.07, 6.45) is 1.94. The summed E-state index contributed by atoms with van der Waals surface area (Å²) in [5, 5.41) is 14.8. The third kappa shape index (κ3) is 1.57. The van der Waals surface area contributed by atoms with Gasteiger partial charge in [0.1, 0.15) is 12.2 Å². The molecular formula is C9H15N5O2. The molecule has 3 amide bonds. The maximum absolute atomic E-state index is 11.6. The van der Waals surface area contributed by atoms with Crippen molar-refractivity contribution in [2.45, 2.75) is 37.3 Å². The van der Waals surface area contributed by atoms with Gasteiger partial charge in [-0.15, -0.1) is 0 Å². The molecule has 3 rings (SSSR count). The number of piperazine rings is 1. The van der Waals surface area contributed by atoms with Crippen LogP contribution in [0.3, 0.4) is 0 Å². The van der Waals surface area contributed by atoms with E-state index < -0.39 is 6.03 Å². The highest BCUT2D eigenvalue weighted by molar-refractivity contribution is 6.00. The SMILES string of the molecule is O=C1NC(=O)C2NC3CCCNC3NC2N1. The molecule has 0 aliphatic carbocycles. The van der Waals surface area contributed by atoms with Gasteiger partial charge in [0.05, 0.1) is 6.17 Å². The minimum absolute atomic E-state index is 0.126. The van der Waals surface area contributed by atoms with E-state index in [1.54, 1.807) is 0 Å². The van der Waals surface area contributed by atoms with Gasteiger partial charge in [0.25, 0.3) is 0 Å². The standard InChI is InChI=1S/C9H15N5O2/c15-8-5-7(13-9(16)14-8)12-6-4(11-5)2-1-3-10-6/h4-7,10-12H,1-3H2,(H2,13,14,15,16). The van der Waals surface area contributed by atoms with Gasteiger partial charge in [-0.05, 0) is 19.4 Å². The van der Waals surface area contributed by atoms with Crippen molar-refractivity contribution in [3.8, 4) is 0 Å². The first-order chi connectivity index (χ1) is 7.74. The fraction of sp³-hybridized carbons (Fsp3) is 0.778. The zero-order chi connectivity index (χ0) is 11.1. The highest BCUT2D eigenvalue weighted by atomic mass is 16.2. The quantitative estimate of drug-likeness (QED) is 0.322. The number of urea groups is 1. The number of hydrogen-bond donors (Lipinski definition) is 5. The van der Waals surface area contributed by atoms with E-state index in [0.717, 1.165) is 19.4 Å². The van der Waals surface area contributed by atoms with Crippen LogP contribution in [-0.4, -0.2) is 42.9 Å². The van der Waals surface area contributed by atoms with E-state index >= 15 is 0 Å². The first kappa shape index (κ1) is 10.0. The zero-order valence-electron chi connectivity index (χ0n) is 8.75. The molecule has 3 fully saturated rings. The van der Waals surface area contributed by atoms with Gasteiger partial charge in [-0.2, -0.15) is 0 Å². The summed E-state index contributed by atoms with van der Waals surface area (Å²) in [5.41, 5.74) is 0. The van der Waals surface area contributed by atoms with Crippen LogP contribution in [0.25, 0.3) is 0 Å².